The molecule has 1 aliphatic rings. The highest BCUT2D eigenvalue weighted by molar-refractivity contribution is 4.77. The third-order valence-electron chi connectivity index (χ3n) is 2.17. The number of hydrogen-bond donors (Lipinski definition) is 1. The fraction of sp³-hybridized carbons (Fsp3) is 1.00. The molecule has 2 N–H and O–H groups in total. The summed E-state index contributed by atoms with van der Waals surface area (Å²) in [5, 5.41) is 0. The molecular weight excluding hydrogens is 160 g/mol. The van der Waals surface area contributed by atoms with Gasteiger partial charge in [0.25, 0.3) is 0 Å². The van der Waals surface area contributed by atoms with Gasteiger partial charge >= 0.3 is 0 Å². The molecule has 0 aromatic carbocycles. The number of piperidine rings is 1. The van der Waals surface area contributed by atoms with Crippen molar-refractivity contribution in [1.29, 1.82) is 0 Å². The first kappa shape index (κ1) is 15.4. The average Bonchev–Trinajstić information content (AvgIpc) is 2.18. The van der Waals surface area contributed by atoms with E-state index in [0.717, 1.165) is 6.42 Å². The van der Waals surface area contributed by atoms with Gasteiger partial charge in [0.15, 0.2) is 0 Å². The maximum absolute atomic E-state index is 5.81. The Labute approximate surface area is 86.0 Å². The molecule has 1 rings (SSSR count). The Morgan fingerprint density at radius 2 is 1.69 bits per heavy atom. The maximum atomic E-state index is 5.81. The molecule has 84 valence electrons. The van der Waals surface area contributed by atoms with Crippen LogP contribution >= 0.6 is 0 Å². The van der Waals surface area contributed by atoms with Crippen LogP contribution in [0.5, 0.6) is 0 Å². The lowest BCUT2D eigenvalue weighted by molar-refractivity contribution is 0.197. The topological polar surface area (TPSA) is 29.3 Å². The molecule has 1 fully saturated rings. The molecular formula is C11H30N2. The summed E-state index contributed by atoms with van der Waals surface area (Å²) in [6.07, 6.45) is 1.16. The smallest absolute Gasteiger partial charge is 0.00888 e. The van der Waals surface area contributed by atoms with Crippen LogP contribution in [0.4, 0.5) is 0 Å². The summed E-state index contributed by atoms with van der Waals surface area (Å²) in [6.45, 7) is 12.6. The van der Waals surface area contributed by atoms with Gasteiger partial charge in [0, 0.05) is 14.0 Å². The van der Waals surface area contributed by atoms with Gasteiger partial charge in [0.05, 0.1) is 0 Å². The molecule has 0 amide bonds. The van der Waals surface area contributed by atoms with Crippen LogP contribution in [0.3, 0.4) is 0 Å². The van der Waals surface area contributed by atoms with E-state index in [0.29, 0.717) is 12.0 Å². The summed E-state index contributed by atoms with van der Waals surface area (Å²) in [5.41, 5.74) is 5.81. The predicted octanol–water partition coefficient (Wildman–Crippen LogP) is 2.58. The molecule has 0 radical (unpaired) electrons. The van der Waals surface area contributed by atoms with Gasteiger partial charge in [-0.1, -0.05) is 34.6 Å². The normalized spacial score (nSPS) is 27.9. The van der Waals surface area contributed by atoms with E-state index in [1.807, 2.05) is 27.7 Å². The number of hydrogen-bond acceptors (Lipinski definition) is 2. The van der Waals surface area contributed by atoms with Gasteiger partial charge in [-0.25, -0.2) is 0 Å². The molecule has 0 spiro atoms. The second-order valence-electron chi connectivity index (χ2n) is 3.19. The molecule has 13 heavy (non-hydrogen) atoms. The van der Waals surface area contributed by atoms with Crippen LogP contribution in [-0.4, -0.2) is 31.1 Å². The molecule has 2 heteroatoms. The Balaban J connectivity index is -0.000000216. The van der Waals surface area contributed by atoms with E-state index >= 15 is 0 Å². The van der Waals surface area contributed by atoms with Gasteiger partial charge in [0.2, 0.25) is 0 Å². The van der Waals surface area contributed by atoms with Crippen LogP contribution in [0, 0.1) is 5.92 Å². The average molecular weight is 190 g/mol. The molecule has 2 atom stereocenters. The first-order chi connectivity index (χ1) is 6.20. The largest absolute Gasteiger partial charge is 0.327 e. The highest BCUT2D eigenvalue weighted by Gasteiger charge is 2.19. The summed E-state index contributed by atoms with van der Waals surface area (Å²) in [4.78, 5) is 2.34. The number of nitrogens with two attached hydrogens (primary N) is 1. The molecule has 1 saturated heterocycles. The standard InChI is InChI=1S/C7H16N2.2C2H6.H2/c1-6-5-9(2)4-3-7(6)8;2*1-2;/h6-7H,3-5,8H2,1-2H3;2*1-2H3;1H. The van der Waals surface area contributed by atoms with Crippen LogP contribution in [-0.2, 0) is 0 Å². The zero-order valence-electron chi connectivity index (χ0n) is 10.3. The van der Waals surface area contributed by atoms with Gasteiger partial charge in [-0.05, 0) is 25.9 Å². The Hall–Kier alpha value is -0.0800. The second kappa shape index (κ2) is 10.0. The Morgan fingerprint density at radius 1 is 1.23 bits per heavy atom. The lowest BCUT2D eigenvalue weighted by atomic mass is 9.95. The SMILES string of the molecule is CC.CC.CC1CN(C)CCC1N.[HH]. The van der Waals surface area contributed by atoms with Crippen molar-refractivity contribution in [3.63, 3.8) is 0 Å². The fourth-order valence-electron chi connectivity index (χ4n) is 1.37. The fourth-order valence-corrected chi connectivity index (χ4v) is 1.37. The lowest BCUT2D eigenvalue weighted by Gasteiger charge is -2.32. The van der Waals surface area contributed by atoms with Crippen molar-refractivity contribution in [3.8, 4) is 0 Å². The van der Waals surface area contributed by atoms with Crippen LogP contribution < -0.4 is 5.73 Å². The molecule has 2 nitrogen and oxygen atoms in total. The zero-order valence-corrected chi connectivity index (χ0v) is 10.3. The van der Waals surface area contributed by atoms with Crippen molar-refractivity contribution >= 4 is 0 Å². The van der Waals surface area contributed by atoms with Crippen molar-refractivity contribution < 1.29 is 1.43 Å². The van der Waals surface area contributed by atoms with Gasteiger partial charge in [-0.15, -0.1) is 0 Å². The van der Waals surface area contributed by atoms with Crippen molar-refractivity contribution in [2.75, 3.05) is 20.1 Å². The molecule has 1 heterocycles. The van der Waals surface area contributed by atoms with Gasteiger partial charge in [-0.2, -0.15) is 0 Å². The van der Waals surface area contributed by atoms with Crippen molar-refractivity contribution in [1.82, 2.24) is 4.90 Å². The van der Waals surface area contributed by atoms with Crippen LogP contribution in [0.25, 0.3) is 0 Å². The summed E-state index contributed by atoms with van der Waals surface area (Å²) in [7, 11) is 2.16. The van der Waals surface area contributed by atoms with Crippen LogP contribution in [0.2, 0.25) is 0 Å². The molecule has 0 bridgehead atoms. The summed E-state index contributed by atoms with van der Waals surface area (Å²) >= 11 is 0. The summed E-state index contributed by atoms with van der Waals surface area (Å²) < 4.78 is 0. The van der Waals surface area contributed by atoms with Gasteiger partial charge < -0.3 is 10.6 Å². The summed E-state index contributed by atoms with van der Waals surface area (Å²) in [5.74, 6) is 0.684. The van der Waals surface area contributed by atoms with E-state index in [1.54, 1.807) is 0 Å². The van der Waals surface area contributed by atoms with E-state index in [-0.39, 0.29) is 1.43 Å². The van der Waals surface area contributed by atoms with Gasteiger partial charge in [0.1, 0.15) is 0 Å². The van der Waals surface area contributed by atoms with E-state index in [1.165, 1.54) is 13.1 Å². The highest BCUT2D eigenvalue weighted by Crippen LogP contribution is 2.12. The van der Waals surface area contributed by atoms with Crippen molar-refractivity contribution in [2.45, 2.75) is 47.1 Å². The van der Waals surface area contributed by atoms with E-state index in [2.05, 4.69) is 18.9 Å². The highest BCUT2D eigenvalue weighted by atomic mass is 15.1. The number of rotatable bonds is 0. The maximum Gasteiger partial charge on any atom is 0.00888 e. The molecule has 0 aromatic rings. The predicted molar refractivity (Wildman–Crippen MR) is 64.1 cm³/mol. The Bertz CT molecular complexity index is 99.3. The zero-order chi connectivity index (χ0) is 10.9. The lowest BCUT2D eigenvalue weighted by Crippen LogP contribution is -2.44. The van der Waals surface area contributed by atoms with E-state index < -0.39 is 0 Å². The number of likely N-dealkylation sites (tertiary alicyclic amines) is 1. The van der Waals surface area contributed by atoms with Crippen molar-refractivity contribution in [2.24, 2.45) is 11.7 Å². The first-order valence-electron chi connectivity index (χ1n) is 5.64. The van der Waals surface area contributed by atoms with Gasteiger partial charge in [-0.3, -0.25) is 0 Å². The molecule has 2 unspecified atom stereocenters. The minimum absolute atomic E-state index is 0. The third kappa shape index (κ3) is 7.03. The first-order valence-corrected chi connectivity index (χ1v) is 5.64. The molecule has 0 saturated carbocycles. The third-order valence-corrected chi connectivity index (χ3v) is 2.17. The summed E-state index contributed by atoms with van der Waals surface area (Å²) in [6, 6.07) is 0.446. The molecule has 0 aromatic heterocycles. The minimum Gasteiger partial charge on any atom is -0.327 e. The van der Waals surface area contributed by atoms with E-state index in [4.69, 9.17) is 5.73 Å². The van der Waals surface area contributed by atoms with Crippen LogP contribution in [0.1, 0.15) is 42.5 Å². The number of nitrogens with zero attached hydrogens (tertiary/aromatic N) is 1. The Kier molecular flexibility index (Phi) is 11.8. The molecule has 1 aliphatic heterocycles. The molecule has 0 aliphatic carbocycles. The minimum atomic E-state index is 0. The quantitative estimate of drug-likeness (QED) is 0.636. The van der Waals surface area contributed by atoms with Crippen LogP contribution in [0.15, 0.2) is 0 Å². The monoisotopic (exact) mass is 190 g/mol. The second-order valence-corrected chi connectivity index (χ2v) is 3.19. The Morgan fingerprint density at radius 3 is 2.00 bits per heavy atom. The van der Waals surface area contributed by atoms with Crippen molar-refractivity contribution in [3.05, 3.63) is 0 Å². The van der Waals surface area contributed by atoms with E-state index in [9.17, 15) is 0 Å².